The van der Waals surface area contributed by atoms with Gasteiger partial charge in [0.2, 0.25) is 0 Å². The second-order valence-corrected chi connectivity index (χ2v) is 20.4. The van der Waals surface area contributed by atoms with Crippen molar-refractivity contribution < 1.29 is 4.42 Å². The van der Waals surface area contributed by atoms with Crippen LogP contribution >= 0.6 is 0 Å². The van der Waals surface area contributed by atoms with Gasteiger partial charge < -0.3 is 9.32 Å². The lowest BCUT2D eigenvalue weighted by atomic mass is 9.43. The zero-order valence-corrected chi connectivity index (χ0v) is 34.6. The second-order valence-electron chi connectivity index (χ2n) is 20.4. The number of nitrogens with zero attached hydrogens (tertiary/aromatic N) is 1. The average molecular weight is 788 g/mol. The Morgan fingerprint density at radius 3 is 1.89 bits per heavy atom. The Labute approximate surface area is 358 Å². The predicted octanol–water partition coefficient (Wildman–Crippen LogP) is 15.5. The van der Waals surface area contributed by atoms with E-state index < -0.39 is 0 Å². The lowest BCUT2D eigenvalue weighted by Gasteiger charge is -2.61. The monoisotopic (exact) mass is 787 g/mol. The lowest BCUT2D eigenvalue weighted by molar-refractivity contribution is -0.0397. The molecule has 3 atom stereocenters. The van der Waals surface area contributed by atoms with E-state index in [9.17, 15) is 0 Å². The highest BCUT2D eigenvalue weighted by molar-refractivity contribution is 6.09. The fraction of sp³-hybridized carbons (Fsp3) is 0.288. The normalized spacial score (nSPS) is 29.2. The summed E-state index contributed by atoms with van der Waals surface area (Å²) in [6.07, 6.45) is 12.4. The van der Waals surface area contributed by atoms with E-state index in [1.54, 1.807) is 22.3 Å². The van der Waals surface area contributed by atoms with Crippen molar-refractivity contribution in [3.63, 3.8) is 0 Å². The van der Waals surface area contributed by atoms with E-state index in [2.05, 4.69) is 157 Å². The largest absolute Gasteiger partial charge is 0.455 e. The molecule has 8 aromatic rings. The number of hydrogen-bond acceptors (Lipinski definition) is 2. The summed E-state index contributed by atoms with van der Waals surface area (Å²) >= 11 is 0. The molecule has 0 saturated heterocycles. The van der Waals surface area contributed by atoms with Gasteiger partial charge in [-0.2, -0.15) is 0 Å². The SMILES string of the molecule is c1ccc2c(c1)-c1ccc(N(c3ccc(-c4cccc5c4oc4ccccc45)cc3)c3cccc4c3C3(c5ccccc5-4)C4CC5CC(C4)CC3C5)cc1C21CC2CCC1C2. The van der Waals surface area contributed by atoms with Crippen molar-refractivity contribution >= 4 is 39.0 Å². The van der Waals surface area contributed by atoms with Crippen LogP contribution in [0.2, 0.25) is 0 Å². The van der Waals surface area contributed by atoms with Gasteiger partial charge in [-0.15, -0.1) is 0 Å². The number of anilines is 3. The molecular weight excluding hydrogens is 739 g/mol. The highest BCUT2D eigenvalue weighted by atomic mass is 16.3. The molecule has 61 heavy (non-hydrogen) atoms. The van der Waals surface area contributed by atoms with Crippen LogP contribution in [0.15, 0.2) is 156 Å². The van der Waals surface area contributed by atoms with Gasteiger partial charge in [0, 0.05) is 38.5 Å². The summed E-state index contributed by atoms with van der Waals surface area (Å²) in [5, 5.41) is 2.35. The highest BCUT2D eigenvalue weighted by Crippen LogP contribution is 2.71. The molecule has 8 aliphatic carbocycles. The van der Waals surface area contributed by atoms with Crippen LogP contribution in [0.1, 0.15) is 80.0 Å². The third kappa shape index (κ3) is 4.25. The molecule has 2 heteroatoms. The molecule has 0 N–H and O–H groups in total. The van der Waals surface area contributed by atoms with Crippen molar-refractivity contribution in [1.82, 2.24) is 0 Å². The van der Waals surface area contributed by atoms with Gasteiger partial charge in [-0.25, -0.2) is 0 Å². The third-order valence-electron chi connectivity index (χ3n) is 17.9. The third-order valence-corrected chi connectivity index (χ3v) is 17.9. The van der Waals surface area contributed by atoms with Crippen LogP contribution in [0.25, 0.3) is 55.3 Å². The molecule has 7 aromatic carbocycles. The molecule has 6 bridgehead atoms. The standard InChI is InChI=1S/C59H49NO/c1-4-15-51-45(9-1)47-26-25-43(33-53(47)58(51)34-35-19-22-39(58)28-35)60(42-23-20-38(21-24-42)44-12-7-14-50-48-11-3-6-18-55(48)61-57(44)50)54-17-8-13-49-46-10-2-5-16-52(46)59(56(49)54)40-29-36-27-37(31-40)32-41(59)30-36/h1-18,20-21,23-26,33,35-37,39-41H,19,22,27-32,34H2. The van der Waals surface area contributed by atoms with E-state index in [0.29, 0.717) is 11.8 Å². The molecule has 2 spiro atoms. The van der Waals surface area contributed by atoms with Crippen LogP contribution in [-0.2, 0) is 10.8 Å². The second kappa shape index (κ2) is 11.9. The lowest BCUT2D eigenvalue weighted by Crippen LogP contribution is -2.55. The summed E-state index contributed by atoms with van der Waals surface area (Å²) in [6, 6.07) is 58.6. The molecule has 3 unspecified atom stereocenters. The smallest absolute Gasteiger partial charge is 0.143 e. The topological polar surface area (TPSA) is 16.4 Å². The molecule has 1 aromatic heterocycles. The molecule has 8 aliphatic rings. The Morgan fingerprint density at radius 1 is 0.459 bits per heavy atom. The molecule has 296 valence electrons. The van der Waals surface area contributed by atoms with E-state index in [1.807, 2.05) is 0 Å². The van der Waals surface area contributed by atoms with E-state index in [-0.39, 0.29) is 10.8 Å². The molecule has 1 heterocycles. The van der Waals surface area contributed by atoms with Gasteiger partial charge in [0.15, 0.2) is 0 Å². The maximum atomic E-state index is 6.57. The van der Waals surface area contributed by atoms with E-state index in [0.717, 1.165) is 40.4 Å². The van der Waals surface area contributed by atoms with Crippen molar-refractivity contribution in [2.75, 3.05) is 4.90 Å². The number of hydrogen-bond donors (Lipinski definition) is 0. The number of fused-ring (bicyclic) bond motifs is 14. The first-order valence-electron chi connectivity index (χ1n) is 23.5. The van der Waals surface area contributed by atoms with Crippen molar-refractivity contribution in [2.24, 2.45) is 35.5 Å². The summed E-state index contributed by atoms with van der Waals surface area (Å²) in [6.45, 7) is 0. The fourth-order valence-corrected chi connectivity index (χ4v) is 16.1. The predicted molar refractivity (Wildman–Crippen MR) is 249 cm³/mol. The Morgan fingerprint density at radius 2 is 1.10 bits per heavy atom. The molecule has 16 rings (SSSR count). The summed E-state index contributed by atoms with van der Waals surface area (Å²) in [7, 11) is 0. The Kier molecular flexibility index (Phi) is 6.62. The Bertz CT molecular complexity index is 3120. The molecule has 2 nitrogen and oxygen atoms in total. The first-order valence-corrected chi connectivity index (χ1v) is 23.5. The maximum absolute atomic E-state index is 6.57. The highest BCUT2D eigenvalue weighted by Gasteiger charge is 2.63. The van der Waals surface area contributed by atoms with Crippen LogP contribution in [-0.4, -0.2) is 0 Å². The van der Waals surface area contributed by atoms with E-state index >= 15 is 0 Å². The molecule has 0 amide bonds. The van der Waals surface area contributed by atoms with Gasteiger partial charge in [-0.3, -0.25) is 0 Å². The van der Waals surface area contributed by atoms with Gasteiger partial charge in [0.05, 0.1) is 5.69 Å². The van der Waals surface area contributed by atoms with Crippen molar-refractivity contribution in [2.45, 2.75) is 68.6 Å². The average Bonchev–Trinajstić information content (AvgIpc) is 4.13. The van der Waals surface area contributed by atoms with Crippen molar-refractivity contribution in [1.29, 1.82) is 0 Å². The van der Waals surface area contributed by atoms with Gasteiger partial charge in [0.1, 0.15) is 11.2 Å². The Hall–Kier alpha value is -5.86. The minimum absolute atomic E-state index is 0.0455. The van der Waals surface area contributed by atoms with Gasteiger partial charge in [-0.1, -0.05) is 122 Å². The minimum Gasteiger partial charge on any atom is -0.455 e. The number of para-hydroxylation sites is 2. The summed E-state index contributed by atoms with van der Waals surface area (Å²) in [5.74, 6) is 4.72. The van der Waals surface area contributed by atoms with Crippen LogP contribution < -0.4 is 4.90 Å². The summed E-state index contributed by atoms with van der Waals surface area (Å²) in [5.41, 5.74) is 20.6. The van der Waals surface area contributed by atoms with E-state index in [4.69, 9.17) is 4.42 Å². The van der Waals surface area contributed by atoms with Crippen LogP contribution in [0.4, 0.5) is 17.1 Å². The van der Waals surface area contributed by atoms with Crippen LogP contribution in [0, 0.1) is 35.5 Å². The fourth-order valence-electron chi connectivity index (χ4n) is 16.1. The van der Waals surface area contributed by atoms with Gasteiger partial charge in [-0.05, 0) is 173 Å². The minimum atomic E-state index is 0.0455. The molecule has 0 radical (unpaired) electrons. The summed E-state index contributed by atoms with van der Waals surface area (Å²) in [4.78, 5) is 2.70. The molecule has 6 saturated carbocycles. The van der Waals surface area contributed by atoms with E-state index in [1.165, 1.54) is 113 Å². The molecule has 6 fully saturated rings. The first-order chi connectivity index (χ1) is 30.2. The number of furan rings is 1. The van der Waals surface area contributed by atoms with Gasteiger partial charge >= 0.3 is 0 Å². The number of benzene rings is 7. The van der Waals surface area contributed by atoms with Crippen molar-refractivity contribution in [3.05, 3.63) is 174 Å². The maximum Gasteiger partial charge on any atom is 0.143 e. The van der Waals surface area contributed by atoms with Crippen LogP contribution in [0.5, 0.6) is 0 Å². The Balaban J connectivity index is 0.960. The van der Waals surface area contributed by atoms with Crippen LogP contribution in [0.3, 0.4) is 0 Å². The summed E-state index contributed by atoms with van der Waals surface area (Å²) < 4.78 is 6.57. The first kappa shape index (κ1) is 33.8. The quantitative estimate of drug-likeness (QED) is 0.177. The number of rotatable bonds is 4. The zero-order chi connectivity index (χ0) is 39.6. The molecule has 0 aliphatic heterocycles. The molecular formula is C59H49NO. The van der Waals surface area contributed by atoms with Gasteiger partial charge in [0.25, 0.3) is 0 Å². The zero-order valence-electron chi connectivity index (χ0n) is 34.6. The van der Waals surface area contributed by atoms with Crippen molar-refractivity contribution in [3.8, 4) is 33.4 Å².